The standard InChI is InChI=1S/C18H19ClN6O2/c1-11-10-25-14-15(23(2)18(27)22-16(14)26)21-17(25)24(11)9-5-8-20-13-7-4-3-6-12(13)19/h3-4,6-7,10,20H,5,8-9H2,1-2H3,(H,22,26,27). The minimum absolute atomic E-state index is 0.377. The number of aromatic nitrogens is 5. The normalized spacial score (nSPS) is 11.5. The van der Waals surface area contributed by atoms with Crippen molar-refractivity contribution in [2.24, 2.45) is 7.05 Å². The zero-order chi connectivity index (χ0) is 19.1. The number of fused-ring (bicyclic) bond motifs is 3. The number of rotatable bonds is 5. The van der Waals surface area contributed by atoms with Crippen LogP contribution in [0, 0.1) is 6.92 Å². The molecule has 140 valence electrons. The molecule has 0 saturated carbocycles. The summed E-state index contributed by atoms with van der Waals surface area (Å²) in [5.41, 5.74) is 1.75. The lowest BCUT2D eigenvalue weighted by Gasteiger charge is -2.09. The maximum atomic E-state index is 12.2. The molecule has 0 aliphatic rings. The quantitative estimate of drug-likeness (QED) is 0.514. The van der Waals surface area contributed by atoms with Crippen LogP contribution < -0.4 is 16.6 Å². The summed E-state index contributed by atoms with van der Waals surface area (Å²) in [5, 5.41) is 4.01. The van der Waals surface area contributed by atoms with Crippen LogP contribution in [0.15, 0.2) is 40.1 Å². The average Bonchev–Trinajstić information content (AvgIpc) is 3.14. The van der Waals surface area contributed by atoms with Crippen LogP contribution in [-0.4, -0.2) is 30.0 Å². The second-order valence-electron chi connectivity index (χ2n) is 6.45. The largest absolute Gasteiger partial charge is 0.384 e. The molecule has 0 unspecified atom stereocenters. The number of hydrogen-bond acceptors (Lipinski definition) is 4. The van der Waals surface area contributed by atoms with Gasteiger partial charge in [-0.15, -0.1) is 0 Å². The lowest BCUT2D eigenvalue weighted by molar-refractivity contribution is 0.660. The lowest BCUT2D eigenvalue weighted by Crippen LogP contribution is -2.28. The van der Waals surface area contributed by atoms with Crippen molar-refractivity contribution in [2.45, 2.75) is 19.9 Å². The molecular weight excluding hydrogens is 368 g/mol. The van der Waals surface area contributed by atoms with Crippen LogP contribution in [0.3, 0.4) is 0 Å². The van der Waals surface area contributed by atoms with E-state index < -0.39 is 11.2 Å². The van der Waals surface area contributed by atoms with Gasteiger partial charge in [-0.05, 0) is 25.5 Å². The van der Waals surface area contributed by atoms with Crippen LogP contribution in [0.1, 0.15) is 12.1 Å². The van der Waals surface area contributed by atoms with Gasteiger partial charge in [0.1, 0.15) is 0 Å². The molecule has 27 heavy (non-hydrogen) atoms. The second-order valence-corrected chi connectivity index (χ2v) is 6.86. The summed E-state index contributed by atoms with van der Waals surface area (Å²) in [7, 11) is 1.60. The van der Waals surface area contributed by atoms with Gasteiger partial charge >= 0.3 is 5.69 Å². The molecule has 0 atom stereocenters. The predicted octanol–water partition coefficient (Wildman–Crippen LogP) is 2.14. The molecule has 2 N–H and O–H groups in total. The molecule has 8 nitrogen and oxygen atoms in total. The highest BCUT2D eigenvalue weighted by atomic mass is 35.5. The number of aryl methyl sites for hydroxylation is 3. The van der Waals surface area contributed by atoms with Crippen LogP contribution in [0.25, 0.3) is 16.9 Å². The maximum absolute atomic E-state index is 12.2. The van der Waals surface area contributed by atoms with Gasteiger partial charge in [-0.3, -0.25) is 18.7 Å². The van der Waals surface area contributed by atoms with Crippen molar-refractivity contribution < 1.29 is 0 Å². The Morgan fingerprint density at radius 1 is 1.26 bits per heavy atom. The van der Waals surface area contributed by atoms with Gasteiger partial charge in [0.25, 0.3) is 5.56 Å². The van der Waals surface area contributed by atoms with E-state index in [9.17, 15) is 9.59 Å². The Morgan fingerprint density at radius 3 is 2.81 bits per heavy atom. The summed E-state index contributed by atoms with van der Waals surface area (Å²) in [5.74, 6) is 0.645. The van der Waals surface area contributed by atoms with Crippen molar-refractivity contribution in [3.05, 3.63) is 62.0 Å². The third kappa shape index (κ3) is 2.91. The first-order valence-electron chi connectivity index (χ1n) is 8.63. The van der Waals surface area contributed by atoms with Crippen LogP contribution in [0.4, 0.5) is 5.69 Å². The van der Waals surface area contributed by atoms with Gasteiger partial charge in [0, 0.05) is 32.0 Å². The summed E-state index contributed by atoms with van der Waals surface area (Å²) < 4.78 is 5.13. The van der Waals surface area contributed by atoms with Gasteiger partial charge in [0.05, 0.1) is 10.7 Å². The highest BCUT2D eigenvalue weighted by Crippen LogP contribution is 2.20. The van der Waals surface area contributed by atoms with Gasteiger partial charge in [-0.1, -0.05) is 23.7 Å². The topological polar surface area (TPSA) is 89.1 Å². The highest BCUT2D eigenvalue weighted by Gasteiger charge is 2.17. The second kappa shape index (κ2) is 6.62. The number of imidazole rings is 2. The Hall–Kier alpha value is -3.00. The van der Waals surface area contributed by atoms with E-state index in [0.717, 1.165) is 30.9 Å². The van der Waals surface area contributed by atoms with Crippen molar-refractivity contribution in [1.29, 1.82) is 0 Å². The van der Waals surface area contributed by atoms with E-state index in [1.165, 1.54) is 4.57 Å². The number of nitrogens with one attached hydrogen (secondary N) is 2. The maximum Gasteiger partial charge on any atom is 0.329 e. The fourth-order valence-corrected chi connectivity index (χ4v) is 3.46. The van der Waals surface area contributed by atoms with Crippen molar-refractivity contribution in [3.63, 3.8) is 0 Å². The van der Waals surface area contributed by atoms with E-state index in [1.54, 1.807) is 11.4 Å². The lowest BCUT2D eigenvalue weighted by atomic mass is 10.3. The number of benzene rings is 1. The summed E-state index contributed by atoms with van der Waals surface area (Å²) in [6.07, 6.45) is 2.71. The summed E-state index contributed by atoms with van der Waals surface area (Å²) in [6.45, 7) is 3.43. The van der Waals surface area contributed by atoms with E-state index >= 15 is 0 Å². The Morgan fingerprint density at radius 2 is 2.04 bits per heavy atom. The first kappa shape index (κ1) is 17.4. The van der Waals surface area contributed by atoms with Crippen molar-refractivity contribution in [1.82, 2.24) is 23.5 Å². The summed E-state index contributed by atoms with van der Waals surface area (Å²) in [6, 6.07) is 7.62. The number of hydrogen-bond donors (Lipinski definition) is 2. The molecule has 0 aliphatic carbocycles. The monoisotopic (exact) mass is 386 g/mol. The molecule has 0 bridgehead atoms. The van der Waals surface area contributed by atoms with Crippen molar-refractivity contribution >= 4 is 34.2 Å². The number of anilines is 1. The number of aromatic amines is 1. The molecule has 0 saturated heterocycles. The van der Waals surface area contributed by atoms with Crippen molar-refractivity contribution in [3.8, 4) is 0 Å². The molecular formula is C18H19ClN6O2. The Balaban J connectivity index is 1.61. The zero-order valence-electron chi connectivity index (χ0n) is 15.0. The molecule has 0 radical (unpaired) electrons. The van der Waals surface area contributed by atoms with Crippen LogP contribution in [-0.2, 0) is 13.6 Å². The van der Waals surface area contributed by atoms with Gasteiger partial charge in [0.2, 0.25) is 5.78 Å². The smallest absolute Gasteiger partial charge is 0.329 e. The fraction of sp³-hybridized carbons (Fsp3) is 0.278. The number of H-pyrrole nitrogens is 1. The SMILES string of the molecule is Cc1cn2c3c(=O)[nH]c(=O)n(C)c3nc2n1CCCNc1ccccc1Cl. The Labute approximate surface area is 159 Å². The summed E-state index contributed by atoms with van der Waals surface area (Å²) in [4.78, 5) is 30.9. The highest BCUT2D eigenvalue weighted by molar-refractivity contribution is 6.33. The molecule has 1 aromatic carbocycles. The number of nitrogens with zero attached hydrogens (tertiary/aromatic N) is 4. The van der Waals surface area contributed by atoms with Gasteiger partial charge < -0.3 is 9.88 Å². The molecule has 9 heteroatoms. The molecule has 3 aromatic heterocycles. The van der Waals surface area contributed by atoms with Gasteiger partial charge in [0.15, 0.2) is 11.2 Å². The van der Waals surface area contributed by atoms with Gasteiger partial charge in [-0.2, -0.15) is 4.98 Å². The molecule has 0 fully saturated rings. The van der Waals surface area contributed by atoms with Crippen LogP contribution >= 0.6 is 11.6 Å². The minimum Gasteiger partial charge on any atom is -0.384 e. The number of para-hydroxylation sites is 1. The van der Waals surface area contributed by atoms with E-state index in [2.05, 4.69) is 15.3 Å². The third-order valence-electron chi connectivity index (χ3n) is 4.66. The van der Waals surface area contributed by atoms with Gasteiger partial charge in [-0.25, -0.2) is 4.79 Å². The first-order chi connectivity index (χ1) is 13.0. The van der Waals surface area contributed by atoms with E-state index in [0.29, 0.717) is 22.0 Å². The predicted molar refractivity (Wildman–Crippen MR) is 106 cm³/mol. The van der Waals surface area contributed by atoms with E-state index in [1.807, 2.05) is 42.0 Å². The first-order valence-corrected chi connectivity index (χ1v) is 9.01. The van der Waals surface area contributed by atoms with Crippen LogP contribution in [0.2, 0.25) is 5.02 Å². The third-order valence-corrected chi connectivity index (χ3v) is 4.99. The van der Waals surface area contributed by atoms with E-state index in [-0.39, 0.29) is 0 Å². The molecule has 0 amide bonds. The molecule has 0 spiro atoms. The Bertz CT molecular complexity index is 1260. The fourth-order valence-electron chi connectivity index (χ4n) is 3.26. The summed E-state index contributed by atoms with van der Waals surface area (Å²) >= 11 is 6.15. The molecule has 3 heterocycles. The average molecular weight is 387 g/mol. The molecule has 4 aromatic rings. The van der Waals surface area contributed by atoms with E-state index in [4.69, 9.17) is 11.6 Å². The van der Waals surface area contributed by atoms with Crippen LogP contribution in [0.5, 0.6) is 0 Å². The molecule has 4 rings (SSSR count). The zero-order valence-corrected chi connectivity index (χ0v) is 15.7. The number of halogens is 1. The minimum atomic E-state index is -0.472. The Kier molecular flexibility index (Phi) is 4.27. The molecule has 0 aliphatic heterocycles. The van der Waals surface area contributed by atoms with Crippen molar-refractivity contribution in [2.75, 3.05) is 11.9 Å².